The molecule has 2 aromatic heterocycles. The number of aromatic nitrogens is 3. The van der Waals surface area contributed by atoms with Gasteiger partial charge in [-0.05, 0) is 43.0 Å². The maximum Gasteiger partial charge on any atom is 0.192 e. The van der Waals surface area contributed by atoms with E-state index in [2.05, 4.69) is 45.3 Å². The molecule has 0 spiro atoms. The normalized spacial score (nSPS) is 16.5. The van der Waals surface area contributed by atoms with Crippen LogP contribution in [0.1, 0.15) is 49.1 Å². The Labute approximate surface area is 153 Å². The van der Waals surface area contributed by atoms with Crippen molar-refractivity contribution in [3.8, 4) is 0 Å². The number of hydrogen-bond donors (Lipinski definition) is 2. The minimum Gasteiger partial charge on any atom is -0.356 e. The van der Waals surface area contributed by atoms with Crippen LogP contribution < -0.4 is 10.6 Å². The number of guanidine groups is 1. The van der Waals surface area contributed by atoms with E-state index in [1.807, 2.05) is 18.5 Å². The summed E-state index contributed by atoms with van der Waals surface area (Å²) in [4.78, 5) is 6.04. The molecule has 7 heteroatoms. The first-order chi connectivity index (χ1) is 12.1. The van der Waals surface area contributed by atoms with E-state index >= 15 is 0 Å². The summed E-state index contributed by atoms with van der Waals surface area (Å²) in [6.07, 6.45) is 5.21. The predicted molar refractivity (Wildman–Crippen MR) is 103 cm³/mol. The van der Waals surface area contributed by atoms with Crippen LogP contribution in [0.5, 0.6) is 0 Å². The Hall–Kier alpha value is -1.89. The van der Waals surface area contributed by atoms with Crippen LogP contribution in [-0.2, 0) is 20.1 Å². The highest BCUT2D eigenvalue weighted by molar-refractivity contribution is 7.09. The summed E-state index contributed by atoms with van der Waals surface area (Å²) in [6.45, 7) is 6.55. The first-order valence-electron chi connectivity index (χ1n) is 9.01. The topological polar surface area (TPSA) is 67.1 Å². The van der Waals surface area contributed by atoms with Crippen LogP contribution in [0, 0.1) is 12.3 Å². The number of hydrogen-bond acceptors (Lipinski definition) is 4. The molecule has 0 aliphatic heterocycles. The van der Waals surface area contributed by atoms with E-state index in [1.54, 1.807) is 11.3 Å². The van der Waals surface area contributed by atoms with Crippen molar-refractivity contribution in [2.24, 2.45) is 17.5 Å². The molecule has 0 aromatic carbocycles. The minimum atomic E-state index is 0.451. The van der Waals surface area contributed by atoms with Gasteiger partial charge in [0.05, 0.1) is 6.54 Å². The number of aryl methyl sites for hydroxylation is 1. The van der Waals surface area contributed by atoms with Gasteiger partial charge in [-0.15, -0.1) is 21.5 Å². The Morgan fingerprint density at radius 2 is 2.20 bits per heavy atom. The molecule has 2 N–H and O–H groups in total. The van der Waals surface area contributed by atoms with Crippen molar-refractivity contribution in [1.29, 1.82) is 0 Å². The number of thiophene rings is 1. The Balaban J connectivity index is 1.64. The standard InChI is InChI=1S/C18H28N6S/c1-4-18(8-6-9-18)13-21-17(19-11-15-7-5-10-25-15)20-12-16-23-22-14(2)24(16)3/h5,7,10H,4,6,8-9,11-13H2,1-3H3,(H2,19,20,21). The zero-order valence-corrected chi connectivity index (χ0v) is 16.2. The van der Waals surface area contributed by atoms with Crippen LogP contribution in [0.4, 0.5) is 0 Å². The van der Waals surface area contributed by atoms with Gasteiger partial charge in [0.25, 0.3) is 0 Å². The molecule has 1 fully saturated rings. The molecule has 136 valence electrons. The fourth-order valence-corrected chi connectivity index (χ4v) is 3.74. The fourth-order valence-electron chi connectivity index (χ4n) is 3.10. The van der Waals surface area contributed by atoms with E-state index in [-0.39, 0.29) is 0 Å². The predicted octanol–water partition coefficient (Wildman–Crippen LogP) is 3.00. The largest absolute Gasteiger partial charge is 0.356 e. The van der Waals surface area contributed by atoms with Gasteiger partial charge < -0.3 is 15.2 Å². The number of nitrogens with zero attached hydrogens (tertiary/aromatic N) is 4. The van der Waals surface area contributed by atoms with Crippen molar-refractivity contribution >= 4 is 17.3 Å². The third-order valence-corrected chi connectivity index (χ3v) is 6.24. The molecule has 0 radical (unpaired) electrons. The molecule has 0 atom stereocenters. The minimum absolute atomic E-state index is 0.451. The smallest absolute Gasteiger partial charge is 0.192 e. The second-order valence-corrected chi connectivity index (χ2v) is 7.91. The van der Waals surface area contributed by atoms with Gasteiger partial charge in [-0.25, -0.2) is 4.99 Å². The van der Waals surface area contributed by atoms with Crippen LogP contribution in [0.25, 0.3) is 0 Å². The molecule has 0 bridgehead atoms. The van der Waals surface area contributed by atoms with Crippen LogP contribution in [0.15, 0.2) is 22.5 Å². The summed E-state index contributed by atoms with van der Waals surface area (Å²) >= 11 is 1.76. The molecule has 0 amide bonds. The van der Waals surface area contributed by atoms with Crippen LogP contribution in [-0.4, -0.2) is 27.3 Å². The Morgan fingerprint density at radius 1 is 1.36 bits per heavy atom. The average molecular weight is 361 g/mol. The van der Waals surface area contributed by atoms with Gasteiger partial charge in [0.15, 0.2) is 11.8 Å². The van der Waals surface area contributed by atoms with Crippen LogP contribution in [0.2, 0.25) is 0 Å². The Kier molecular flexibility index (Phi) is 5.73. The molecule has 2 aromatic rings. The molecule has 1 aliphatic carbocycles. The van der Waals surface area contributed by atoms with E-state index in [0.29, 0.717) is 12.0 Å². The van der Waals surface area contributed by atoms with Crippen molar-refractivity contribution in [2.45, 2.75) is 52.6 Å². The lowest BCUT2D eigenvalue weighted by atomic mass is 9.67. The zero-order chi connectivity index (χ0) is 17.7. The second kappa shape index (κ2) is 7.99. The third-order valence-electron chi connectivity index (χ3n) is 5.37. The Morgan fingerprint density at radius 3 is 2.76 bits per heavy atom. The second-order valence-electron chi connectivity index (χ2n) is 6.88. The van der Waals surface area contributed by atoms with Crippen molar-refractivity contribution in [2.75, 3.05) is 6.54 Å². The summed E-state index contributed by atoms with van der Waals surface area (Å²) in [5.41, 5.74) is 0.451. The first kappa shape index (κ1) is 17.9. The molecular formula is C18H28N6S. The van der Waals surface area contributed by atoms with Crippen molar-refractivity contribution in [3.63, 3.8) is 0 Å². The van der Waals surface area contributed by atoms with Gasteiger partial charge in [-0.1, -0.05) is 19.4 Å². The van der Waals surface area contributed by atoms with E-state index in [4.69, 9.17) is 4.99 Å². The zero-order valence-electron chi connectivity index (χ0n) is 15.4. The van der Waals surface area contributed by atoms with Crippen LogP contribution in [0.3, 0.4) is 0 Å². The molecule has 0 saturated heterocycles. The summed E-state index contributed by atoms with van der Waals surface area (Å²) in [7, 11) is 1.98. The van der Waals surface area contributed by atoms with Gasteiger partial charge in [-0.2, -0.15) is 0 Å². The fraction of sp³-hybridized carbons (Fsp3) is 0.611. The molecule has 1 aliphatic rings. The molecule has 1 saturated carbocycles. The molecule has 3 rings (SSSR count). The number of nitrogens with one attached hydrogen (secondary N) is 2. The maximum atomic E-state index is 4.74. The summed E-state index contributed by atoms with van der Waals surface area (Å²) in [5, 5.41) is 17.4. The third kappa shape index (κ3) is 4.39. The first-order valence-corrected chi connectivity index (χ1v) is 9.89. The molecule has 25 heavy (non-hydrogen) atoms. The SMILES string of the molecule is CCC1(CNC(=NCc2nnc(C)n2C)NCc2cccs2)CCC1. The highest BCUT2D eigenvalue weighted by Crippen LogP contribution is 2.42. The molecular weight excluding hydrogens is 332 g/mol. The molecule has 6 nitrogen and oxygen atoms in total. The highest BCUT2D eigenvalue weighted by atomic mass is 32.1. The molecule has 0 unspecified atom stereocenters. The van der Waals surface area contributed by atoms with Gasteiger partial charge in [-0.3, -0.25) is 0 Å². The Bertz CT molecular complexity index is 694. The van der Waals surface area contributed by atoms with Crippen molar-refractivity contribution in [3.05, 3.63) is 34.0 Å². The van der Waals surface area contributed by atoms with Gasteiger partial charge >= 0.3 is 0 Å². The summed E-state index contributed by atoms with van der Waals surface area (Å²) in [6, 6.07) is 4.22. The van der Waals surface area contributed by atoms with E-state index in [0.717, 1.165) is 30.7 Å². The lowest BCUT2D eigenvalue weighted by molar-refractivity contribution is 0.131. The monoisotopic (exact) mass is 360 g/mol. The average Bonchev–Trinajstić information content (AvgIpc) is 3.20. The quantitative estimate of drug-likeness (QED) is 0.588. The van der Waals surface area contributed by atoms with E-state index < -0.39 is 0 Å². The van der Waals surface area contributed by atoms with Crippen molar-refractivity contribution < 1.29 is 0 Å². The van der Waals surface area contributed by atoms with Gasteiger partial charge in [0.2, 0.25) is 0 Å². The van der Waals surface area contributed by atoms with Crippen molar-refractivity contribution in [1.82, 2.24) is 25.4 Å². The van der Waals surface area contributed by atoms with Gasteiger partial charge in [0.1, 0.15) is 12.4 Å². The number of aliphatic imine (C=N–C) groups is 1. The molecule has 2 heterocycles. The maximum absolute atomic E-state index is 4.74. The van der Waals surface area contributed by atoms with E-state index in [1.165, 1.54) is 30.6 Å². The lowest BCUT2D eigenvalue weighted by Crippen LogP contribution is -2.46. The van der Waals surface area contributed by atoms with Gasteiger partial charge in [0, 0.05) is 18.5 Å². The van der Waals surface area contributed by atoms with E-state index in [9.17, 15) is 0 Å². The highest BCUT2D eigenvalue weighted by Gasteiger charge is 2.34. The number of rotatable bonds is 7. The van der Waals surface area contributed by atoms with Crippen LogP contribution >= 0.6 is 11.3 Å². The summed E-state index contributed by atoms with van der Waals surface area (Å²) in [5.74, 6) is 2.64. The summed E-state index contributed by atoms with van der Waals surface area (Å²) < 4.78 is 1.99. The lowest BCUT2D eigenvalue weighted by Gasteiger charge is -2.41.